The molecule has 0 aliphatic carbocycles. The third-order valence-electron chi connectivity index (χ3n) is 3.21. The Labute approximate surface area is 135 Å². The highest BCUT2D eigenvalue weighted by Crippen LogP contribution is 2.20. The van der Waals surface area contributed by atoms with Crippen molar-refractivity contribution < 1.29 is 14.1 Å². The molecule has 122 valence electrons. The van der Waals surface area contributed by atoms with E-state index in [-0.39, 0.29) is 23.2 Å². The number of anilines is 1. The van der Waals surface area contributed by atoms with E-state index in [4.69, 9.17) is 4.42 Å². The maximum absolute atomic E-state index is 12.1. The second kappa shape index (κ2) is 5.91. The second-order valence-corrected chi connectivity index (χ2v) is 4.97. The maximum atomic E-state index is 12.1. The lowest BCUT2D eigenvalue weighted by atomic mass is 10.2. The summed E-state index contributed by atoms with van der Waals surface area (Å²) in [6.45, 7) is 1.83. The van der Waals surface area contributed by atoms with Crippen LogP contribution in [-0.4, -0.2) is 30.8 Å². The molecule has 0 aliphatic heterocycles. The molecule has 0 aliphatic rings. The molecule has 3 rings (SSSR count). The van der Waals surface area contributed by atoms with E-state index in [0.717, 1.165) is 5.69 Å². The van der Waals surface area contributed by atoms with Crippen LogP contribution in [0, 0.1) is 17.0 Å². The van der Waals surface area contributed by atoms with Crippen LogP contribution < -0.4 is 5.32 Å². The average molecular weight is 328 g/mol. The first-order valence-electron chi connectivity index (χ1n) is 6.84. The van der Waals surface area contributed by atoms with Gasteiger partial charge in [-0.05, 0) is 25.1 Å². The minimum atomic E-state index is -0.540. The van der Waals surface area contributed by atoms with E-state index in [0.29, 0.717) is 5.69 Å². The average Bonchev–Trinajstić information content (AvgIpc) is 3.13. The van der Waals surface area contributed by atoms with Crippen LogP contribution >= 0.6 is 0 Å². The smallest absolute Gasteiger partial charge is 0.322 e. The van der Waals surface area contributed by atoms with Gasteiger partial charge >= 0.3 is 6.01 Å². The molecule has 0 radical (unpaired) electrons. The number of carbonyl (C=O) groups is 1. The van der Waals surface area contributed by atoms with Crippen molar-refractivity contribution in [2.24, 2.45) is 7.05 Å². The second-order valence-electron chi connectivity index (χ2n) is 4.97. The summed E-state index contributed by atoms with van der Waals surface area (Å²) < 4.78 is 6.98. The molecule has 2 heterocycles. The molecule has 1 amide bonds. The van der Waals surface area contributed by atoms with E-state index in [2.05, 4.69) is 20.6 Å². The number of aromatic nitrogens is 4. The van der Waals surface area contributed by atoms with E-state index < -0.39 is 10.8 Å². The first kappa shape index (κ1) is 15.3. The minimum absolute atomic E-state index is 0.0767. The zero-order valence-corrected chi connectivity index (χ0v) is 12.8. The Hall–Kier alpha value is -3.56. The molecule has 0 atom stereocenters. The Kier molecular flexibility index (Phi) is 3.78. The lowest BCUT2D eigenvalue weighted by Gasteiger charge is -2.00. The molecular formula is C14H12N6O4. The number of nitrogens with zero attached hydrogens (tertiary/aromatic N) is 5. The number of aryl methyl sites for hydroxylation is 2. The van der Waals surface area contributed by atoms with Gasteiger partial charge in [0, 0.05) is 24.7 Å². The molecule has 1 aromatic carbocycles. The summed E-state index contributed by atoms with van der Waals surface area (Å²) >= 11 is 0. The van der Waals surface area contributed by atoms with E-state index in [9.17, 15) is 14.9 Å². The highest BCUT2D eigenvalue weighted by atomic mass is 16.6. The lowest BCUT2D eigenvalue weighted by Crippen LogP contribution is -2.12. The normalized spacial score (nSPS) is 10.6. The Morgan fingerprint density at radius 3 is 2.58 bits per heavy atom. The van der Waals surface area contributed by atoms with E-state index >= 15 is 0 Å². The fourth-order valence-corrected chi connectivity index (χ4v) is 2.09. The van der Waals surface area contributed by atoms with Gasteiger partial charge in [0.15, 0.2) is 0 Å². The number of benzene rings is 1. The van der Waals surface area contributed by atoms with Crippen molar-refractivity contribution in [2.75, 3.05) is 5.32 Å². The third kappa shape index (κ3) is 2.97. The standard InChI is InChI=1S/C14H12N6O4/c1-8-7-11(19(2)18-8)13-16-17-14(24-13)15-12(21)9-3-5-10(6-4-9)20(22)23/h3-7H,1-2H3,(H,15,17,21). The predicted octanol–water partition coefficient (Wildman–Crippen LogP) is 1.94. The van der Waals surface area contributed by atoms with Gasteiger partial charge in [-0.2, -0.15) is 5.10 Å². The number of non-ortho nitro benzene ring substituents is 1. The van der Waals surface area contributed by atoms with Crippen molar-refractivity contribution >= 4 is 17.6 Å². The van der Waals surface area contributed by atoms with Gasteiger partial charge in [-0.25, -0.2) is 0 Å². The summed E-state index contributed by atoms with van der Waals surface area (Å²) in [5.74, 6) is -0.293. The van der Waals surface area contributed by atoms with Gasteiger partial charge in [-0.3, -0.25) is 24.9 Å². The van der Waals surface area contributed by atoms with Crippen LogP contribution in [0.4, 0.5) is 11.7 Å². The molecule has 10 heteroatoms. The number of hydrogen-bond acceptors (Lipinski definition) is 7. The van der Waals surface area contributed by atoms with Crippen LogP contribution in [0.15, 0.2) is 34.7 Å². The topological polar surface area (TPSA) is 129 Å². The molecule has 1 N–H and O–H groups in total. The molecule has 3 aromatic rings. The van der Waals surface area contributed by atoms with Gasteiger partial charge in [0.25, 0.3) is 17.5 Å². The molecule has 0 bridgehead atoms. The number of nitrogens with one attached hydrogen (secondary N) is 1. The number of nitro benzene ring substituents is 1. The summed E-state index contributed by atoms with van der Waals surface area (Å²) in [6.07, 6.45) is 0. The van der Waals surface area contributed by atoms with Gasteiger partial charge in [0.05, 0.1) is 10.6 Å². The number of rotatable bonds is 4. The van der Waals surface area contributed by atoms with Crippen LogP contribution in [0.5, 0.6) is 0 Å². The van der Waals surface area contributed by atoms with Crippen molar-refractivity contribution in [1.82, 2.24) is 20.0 Å². The van der Waals surface area contributed by atoms with E-state index in [1.807, 2.05) is 6.92 Å². The largest absolute Gasteiger partial charge is 0.401 e. The Morgan fingerprint density at radius 1 is 1.29 bits per heavy atom. The molecule has 0 saturated carbocycles. The summed E-state index contributed by atoms with van der Waals surface area (Å²) in [5, 5.41) is 24.8. The molecule has 0 saturated heterocycles. The number of amides is 1. The highest BCUT2D eigenvalue weighted by Gasteiger charge is 2.16. The SMILES string of the molecule is Cc1cc(-c2nnc(NC(=O)c3ccc([N+](=O)[O-])cc3)o2)n(C)n1. The lowest BCUT2D eigenvalue weighted by molar-refractivity contribution is -0.384. The summed E-state index contributed by atoms with van der Waals surface area (Å²) in [6, 6.07) is 6.87. The molecule has 10 nitrogen and oxygen atoms in total. The van der Waals surface area contributed by atoms with Crippen molar-refractivity contribution in [2.45, 2.75) is 6.92 Å². The number of carbonyl (C=O) groups excluding carboxylic acids is 1. The first-order chi connectivity index (χ1) is 11.4. The summed E-state index contributed by atoms with van der Waals surface area (Å²) in [4.78, 5) is 22.2. The molecule has 2 aromatic heterocycles. The zero-order chi connectivity index (χ0) is 17.3. The monoisotopic (exact) mass is 328 g/mol. The summed E-state index contributed by atoms with van der Waals surface area (Å²) in [5.41, 5.74) is 1.55. The zero-order valence-electron chi connectivity index (χ0n) is 12.8. The van der Waals surface area contributed by atoms with Crippen LogP contribution in [0.1, 0.15) is 16.1 Å². The van der Waals surface area contributed by atoms with E-state index in [1.165, 1.54) is 24.3 Å². The fourth-order valence-electron chi connectivity index (χ4n) is 2.09. The van der Waals surface area contributed by atoms with Gasteiger partial charge in [-0.1, -0.05) is 5.10 Å². The minimum Gasteiger partial charge on any atom is -0.401 e. The summed E-state index contributed by atoms with van der Waals surface area (Å²) in [7, 11) is 1.74. The highest BCUT2D eigenvalue weighted by molar-refractivity contribution is 6.03. The van der Waals surface area contributed by atoms with Crippen LogP contribution in [-0.2, 0) is 7.05 Å². The van der Waals surface area contributed by atoms with E-state index in [1.54, 1.807) is 17.8 Å². The van der Waals surface area contributed by atoms with Crippen molar-refractivity contribution in [3.8, 4) is 11.6 Å². The van der Waals surface area contributed by atoms with Gasteiger partial charge in [0.1, 0.15) is 5.69 Å². The van der Waals surface area contributed by atoms with Crippen LogP contribution in [0.3, 0.4) is 0 Å². The van der Waals surface area contributed by atoms with Crippen molar-refractivity contribution in [3.05, 3.63) is 51.7 Å². The maximum Gasteiger partial charge on any atom is 0.322 e. The Morgan fingerprint density at radius 2 is 2.00 bits per heavy atom. The van der Waals surface area contributed by atoms with Gasteiger partial charge in [-0.15, -0.1) is 5.10 Å². The van der Waals surface area contributed by atoms with Gasteiger partial charge in [0.2, 0.25) is 0 Å². The molecule has 0 unspecified atom stereocenters. The number of hydrogen-bond donors (Lipinski definition) is 1. The first-order valence-corrected chi connectivity index (χ1v) is 6.84. The quantitative estimate of drug-likeness (QED) is 0.572. The Balaban J connectivity index is 1.75. The van der Waals surface area contributed by atoms with Crippen LogP contribution in [0.2, 0.25) is 0 Å². The van der Waals surface area contributed by atoms with Gasteiger partial charge < -0.3 is 4.42 Å². The van der Waals surface area contributed by atoms with Crippen molar-refractivity contribution in [3.63, 3.8) is 0 Å². The van der Waals surface area contributed by atoms with Crippen molar-refractivity contribution in [1.29, 1.82) is 0 Å². The Bertz CT molecular complexity index is 912. The third-order valence-corrected chi connectivity index (χ3v) is 3.21. The molecule has 0 spiro atoms. The molecule has 0 fully saturated rings. The molecular weight excluding hydrogens is 316 g/mol. The predicted molar refractivity (Wildman–Crippen MR) is 82.3 cm³/mol. The van der Waals surface area contributed by atoms with Crippen LogP contribution in [0.25, 0.3) is 11.6 Å². The number of nitro groups is 1. The fraction of sp³-hybridized carbons (Fsp3) is 0.143. The molecule has 24 heavy (non-hydrogen) atoms.